The second kappa shape index (κ2) is 7.87. The highest BCUT2D eigenvalue weighted by atomic mass is 16.5. The van der Waals surface area contributed by atoms with Crippen LogP contribution in [0.4, 0.5) is 0 Å². The largest absolute Gasteiger partial charge is 0.378 e. The molecule has 0 radical (unpaired) electrons. The zero-order chi connectivity index (χ0) is 16.8. The summed E-state index contributed by atoms with van der Waals surface area (Å²) < 4.78 is 5.51. The molecule has 1 heterocycles. The number of amides is 2. The van der Waals surface area contributed by atoms with E-state index in [9.17, 15) is 14.4 Å². The van der Waals surface area contributed by atoms with Crippen LogP contribution >= 0.6 is 0 Å². The van der Waals surface area contributed by atoms with Crippen LogP contribution in [0.5, 0.6) is 0 Å². The van der Waals surface area contributed by atoms with Crippen molar-refractivity contribution in [2.45, 2.75) is 32.4 Å². The van der Waals surface area contributed by atoms with Crippen LogP contribution in [0.3, 0.4) is 0 Å². The van der Waals surface area contributed by atoms with Crippen LogP contribution in [-0.4, -0.2) is 42.9 Å². The highest BCUT2D eigenvalue weighted by molar-refractivity contribution is 5.97. The molecule has 1 fully saturated rings. The van der Waals surface area contributed by atoms with E-state index in [1.807, 2.05) is 13.0 Å². The molecule has 2 amide bonds. The summed E-state index contributed by atoms with van der Waals surface area (Å²) in [6, 6.07) is 8.09. The summed E-state index contributed by atoms with van der Waals surface area (Å²) in [5.41, 5.74) is 0.487. The Labute approximate surface area is 135 Å². The average molecular weight is 318 g/mol. The molecule has 23 heavy (non-hydrogen) atoms. The Morgan fingerprint density at radius 2 is 1.91 bits per heavy atom. The number of ketones is 1. The van der Waals surface area contributed by atoms with Crippen molar-refractivity contribution in [2.75, 3.05) is 13.2 Å². The second-order valence-electron chi connectivity index (χ2n) is 5.85. The SMILES string of the molecule is CC1CC(NC(=O)CNC(=O)c2ccccc2)C(=O)C(C)CO1. The first kappa shape index (κ1) is 17.1. The fourth-order valence-electron chi connectivity index (χ4n) is 2.48. The number of hydrogen-bond acceptors (Lipinski definition) is 4. The normalized spacial score (nSPS) is 24.6. The lowest BCUT2D eigenvalue weighted by Gasteiger charge is -2.18. The van der Waals surface area contributed by atoms with Crippen molar-refractivity contribution in [1.82, 2.24) is 10.6 Å². The van der Waals surface area contributed by atoms with Crippen molar-refractivity contribution >= 4 is 17.6 Å². The number of rotatable bonds is 4. The number of Topliss-reactive ketones (excluding diaryl/α,β-unsaturated/α-hetero) is 1. The number of nitrogens with one attached hydrogen (secondary N) is 2. The number of carbonyl (C=O) groups is 3. The maximum Gasteiger partial charge on any atom is 0.251 e. The Morgan fingerprint density at radius 3 is 2.61 bits per heavy atom. The molecule has 3 atom stereocenters. The van der Waals surface area contributed by atoms with Gasteiger partial charge in [0.2, 0.25) is 5.91 Å². The molecule has 1 aromatic rings. The number of carbonyl (C=O) groups excluding carboxylic acids is 3. The third-order valence-electron chi connectivity index (χ3n) is 3.81. The molecule has 2 rings (SSSR count). The van der Waals surface area contributed by atoms with E-state index in [0.717, 1.165) is 0 Å². The topological polar surface area (TPSA) is 84.5 Å². The van der Waals surface area contributed by atoms with Gasteiger partial charge in [-0.25, -0.2) is 0 Å². The summed E-state index contributed by atoms with van der Waals surface area (Å²) in [5.74, 6) is -0.979. The lowest BCUT2D eigenvalue weighted by Crippen LogP contribution is -2.47. The minimum absolute atomic E-state index is 0.0305. The third kappa shape index (κ3) is 4.89. The lowest BCUT2D eigenvalue weighted by molar-refractivity contribution is -0.129. The molecule has 1 saturated heterocycles. The van der Waals surface area contributed by atoms with Crippen molar-refractivity contribution in [3.8, 4) is 0 Å². The van der Waals surface area contributed by atoms with E-state index in [4.69, 9.17) is 4.74 Å². The molecule has 124 valence electrons. The smallest absolute Gasteiger partial charge is 0.251 e. The van der Waals surface area contributed by atoms with Crippen molar-refractivity contribution < 1.29 is 19.1 Å². The Kier molecular flexibility index (Phi) is 5.87. The molecular formula is C17H22N2O4. The lowest BCUT2D eigenvalue weighted by atomic mass is 9.98. The van der Waals surface area contributed by atoms with Crippen LogP contribution in [0, 0.1) is 5.92 Å². The Bertz CT molecular complexity index is 573. The predicted molar refractivity (Wildman–Crippen MR) is 84.9 cm³/mol. The van der Waals surface area contributed by atoms with E-state index in [0.29, 0.717) is 18.6 Å². The molecule has 2 N–H and O–H groups in total. The summed E-state index contributed by atoms with van der Waals surface area (Å²) in [4.78, 5) is 36.1. The van der Waals surface area contributed by atoms with Crippen LogP contribution < -0.4 is 10.6 Å². The van der Waals surface area contributed by atoms with E-state index in [-0.39, 0.29) is 36.2 Å². The Hall–Kier alpha value is -2.21. The van der Waals surface area contributed by atoms with Crippen LogP contribution in [0.1, 0.15) is 30.6 Å². The molecule has 6 nitrogen and oxygen atoms in total. The van der Waals surface area contributed by atoms with Gasteiger partial charge in [0.1, 0.15) is 0 Å². The molecule has 0 aliphatic carbocycles. The van der Waals surface area contributed by atoms with Crippen molar-refractivity contribution in [2.24, 2.45) is 5.92 Å². The monoisotopic (exact) mass is 318 g/mol. The predicted octanol–water partition coefficient (Wildman–Crippen LogP) is 0.915. The summed E-state index contributed by atoms with van der Waals surface area (Å²) in [7, 11) is 0. The fourth-order valence-corrected chi connectivity index (χ4v) is 2.48. The van der Waals surface area contributed by atoms with E-state index in [2.05, 4.69) is 10.6 Å². The van der Waals surface area contributed by atoms with Gasteiger partial charge in [-0.15, -0.1) is 0 Å². The number of hydrogen-bond donors (Lipinski definition) is 2. The summed E-state index contributed by atoms with van der Waals surface area (Å²) in [5, 5.41) is 5.24. The molecule has 1 aromatic carbocycles. The van der Waals surface area contributed by atoms with Gasteiger partial charge >= 0.3 is 0 Å². The third-order valence-corrected chi connectivity index (χ3v) is 3.81. The highest BCUT2D eigenvalue weighted by Crippen LogP contribution is 2.15. The number of ether oxygens (including phenoxy) is 1. The minimum Gasteiger partial charge on any atom is -0.378 e. The first-order chi connectivity index (χ1) is 11.0. The first-order valence-corrected chi connectivity index (χ1v) is 7.75. The molecule has 0 spiro atoms. The van der Waals surface area contributed by atoms with Crippen molar-refractivity contribution in [1.29, 1.82) is 0 Å². The highest BCUT2D eigenvalue weighted by Gasteiger charge is 2.30. The number of benzene rings is 1. The Morgan fingerprint density at radius 1 is 1.22 bits per heavy atom. The van der Waals surface area contributed by atoms with Gasteiger partial charge in [-0.2, -0.15) is 0 Å². The molecule has 1 aliphatic rings. The van der Waals surface area contributed by atoms with E-state index in [1.54, 1.807) is 31.2 Å². The van der Waals surface area contributed by atoms with Crippen LogP contribution in [0.25, 0.3) is 0 Å². The molecular weight excluding hydrogens is 296 g/mol. The molecule has 6 heteroatoms. The Balaban J connectivity index is 1.86. The van der Waals surface area contributed by atoms with Gasteiger partial charge in [-0.1, -0.05) is 25.1 Å². The van der Waals surface area contributed by atoms with Crippen LogP contribution in [0.2, 0.25) is 0 Å². The zero-order valence-corrected chi connectivity index (χ0v) is 13.4. The molecule has 0 bridgehead atoms. The van der Waals surface area contributed by atoms with E-state index >= 15 is 0 Å². The van der Waals surface area contributed by atoms with Gasteiger partial charge in [0.05, 0.1) is 25.3 Å². The quantitative estimate of drug-likeness (QED) is 0.864. The molecule has 0 aromatic heterocycles. The second-order valence-corrected chi connectivity index (χ2v) is 5.85. The zero-order valence-electron chi connectivity index (χ0n) is 13.4. The van der Waals surface area contributed by atoms with Gasteiger partial charge in [0.15, 0.2) is 5.78 Å². The minimum atomic E-state index is -0.566. The maximum atomic E-state index is 12.2. The van der Waals surface area contributed by atoms with E-state index in [1.165, 1.54) is 0 Å². The first-order valence-electron chi connectivity index (χ1n) is 7.75. The van der Waals surface area contributed by atoms with Gasteiger partial charge < -0.3 is 15.4 Å². The van der Waals surface area contributed by atoms with Gasteiger partial charge in [0, 0.05) is 17.9 Å². The van der Waals surface area contributed by atoms with Gasteiger partial charge in [0.25, 0.3) is 5.91 Å². The standard InChI is InChI=1S/C17H22N2O4/c1-11-10-23-12(2)8-14(16(11)21)19-15(20)9-18-17(22)13-6-4-3-5-7-13/h3-7,11-12,14H,8-10H2,1-2H3,(H,18,22)(H,19,20). The van der Waals surface area contributed by atoms with Crippen molar-refractivity contribution in [3.63, 3.8) is 0 Å². The van der Waals surface area contributed by atoms with Crippen molar-refractivity contribution in [3.05, 3.63) is 35.9 Å². The maximum absolute atomic E-state index is 12.2. The van der Waals surface area contributed by atoms with E-state index < -0.39 is 6.04 Å². The summed E-state index contributed by atoms with van der Waals surface area (Å²) in [6.07, 6.45) is 0.356. The molecule has 0 saturated carbocycles. The van der Waals surface area contributed by atoms with Gasteiger partial charge in [-0.05, 0) is 19.1 Å². The fraction of sp³-hybridized carbons (Fsp3) is 0.471. The van der Waals surface area contributed by atoms with Crippen LogP contribution in [-0.2, 0) is 14.3 Å². The average Bonchev–Trinajstić information content (AvgIpc) is 2.67. The summed E-state index contributed by atoms with van der Waals surface area (Å²) >= 11 is 0. The molecule has 1 aliphatic heterocycles. The molecule has 3 unspecified atom stereocenters. The van der Waals surface area contributed by atoms with Gasteiger partial charge in [-0.3, -0.25) is 14.4 Å². The van der Waals surface area contributed by atoms with Crippen LogP contribution in [0.15, 0.2) is 30.3 Å². The summed E-state index contributed by atoms with van der Waals surface area (Å²) in [6.45, 7) is 3.87.